The van der Waals surface area contributed by atoms with E-state index in [1.165, 1.54) is 0 Å². The maximum Gasteiger partial charge on any atom is 0.167 e. The number of hydrogen-bond acceptors (Lipinski definition) is 4. The van der Waals surface area contributed by atoms with Crippen LogP contribution >= 0.6 is 0 Å². The van der Waals surface area contributed by atoms with Crippen LogP contribution in [-0.4, -0.2) is 11.1 Å². The summed E-state index contributed by atoms with van der Waals surface area (Å²) in [4.78, 5) is 0. The monoisotopic (exact) mass is 220 g/mol. The third-order valence-corrected chi connectivity index (χ3v) is 2.82. The largest absolute Gasteiger partial charge is 0.196 e. The van der Waals surface area contributed by atoms with Gasteiger partial charge in [0.25, 0.3) is 0 Å². The van der Waals surface area contributed by atoms with Crippen molar-refractivity contribution in [2.24, 2.45) is 10.2 Å². The van der Waals surface area contributed by atoms with Crippen LogP contribution in [0.1, 0.15) is 53.4 Å². The molecule has 0 N–H and O–H groups in total. The van der Waals surface area contributed by atoms with Crippen molar-refractivity contribution in [2.45, 2.75) is 64.5 Å². The molecule has 0 aromatic rings. The zero-order valence-corrected chi connectivity index (χ0v) is 10.6. The number of azo groups is 1. The van der Waals surface area contributed by atoms with E-state index in [1.54, 1.807) is 6.92 Å². The summed E-state index contributed by atoms with van der Waals surface area (Å²) in [5, 5.41) is 26.3. The summed E-state index contributed by atoms with van der Waals surface area (Å²) >= 11 is 0. The molecule has 0 aliphatic heterocycles. The van der Waals surface area contributed by atoms with Crippen LogP contribution in [0.15, 0.2) is 10.2 Å². The Labute approximate surface area is 98.0 Å². The van der Waals surface area contributed by atoms with Crippen LogP contribution < -0.4 is 0 Å². The van der Waals surface area contributed by atoms with Gasteiger partial charge in [-0.15, -0.1) is 0 Å². The van der Waals surface area contributed by atoms with E-state index in [4.69, 9.17) is 10.5 Å². The maximum absolute atomic E-state index is 9.09. The third kappa shape index (κ3) is 3.62. The van der Waals surface area contributed by atoms with Gasteiger partial charge < -0.3 is 0 Å². The van der Waals surface area contributed by atoms with Gasteiger partial charge in [0.05, 0.1) is 12.1 Å². The smallest absolute Gasteiger partial charge is 0.167 e. The molecule has 0 rings (SSSR count). The van der Waals surface area contributed by atoms with Crippen molar-refractivity contribution in [2.75, 3.05) is 0 Å². The Hall–Kier alpha value is -1.42. The number of hydrogen-bond donors (Lipinski definition) is 0. The Balaban J connectivity index is 4.94. The second-order valence-corrected chi connectivity index (χ2v) is 4.19. The summed E-state index contributed by atoms with van der Waals surface area (Å²) in [6.07, 6.45) is 2.79. The van der Waals surface area contributed by atoms with Crippen LogP contribution in [0.3, 0.4) is 0 Å². The summed E-state index contributed by atoms with van der Waals surface area (Å²) in [5.74, 6) is 0. The molecule has 0 heterocycles. The minimum atomic E-state index is -0.790. The van der Waals surface area contributed by atoms with Crippen LogP contribution in [0.4, 0.5) is 0 Å². The van der Waals surface area contributed by atoms with Gasteiger partial charge in [-0.05, 0) is 26.2 Å². The maximum atomic E-state index is 9.09. The van der Waals surface area contributed by atoms with Gasteiger partial charge in [0, 0.05) is 0 Å². The summed E-state index contributed by atoms with van der Waals surface area (Å²) in [6.45, 7) is 7.58. The van der Waals surface area contributed by atoms with Gasteiger partial charge in [-0.1, -0.05) is 27.2 Å². The van der Waals surface area contributed by atoms with Gasteiger partial charge in [-0.2, -0.15) is 20.8 Å². The van der Waals surface area contributed by atoms with Gasteiger partial charge >= 0.3 is 0 Å². The van der Waals surface area contributed by atoms with Crippen molar-refractivity contribution in [3.8, 4) is 12.1 Å². The predicted octanol–water partition coefficient (Wildman–Crippen LogP) is 3.60. The van der Waals surface area contributed by atoms with E-state index in [1.807, 2.05) is 20.8 Å². The van der Waals surface area contributed by atoms with Crippen molar-refractivity contribution < 1.29 is 0 Å². The lowest BCUT2D eigenvalue weighted by Gasteiger charge is -2.20. The normalized spacial score (nSPS) is 15.4. The average Bonchev–Trinajstić information content (AvgIpc) is 2.32. The highest BCUT2D eigenvalue weighted by atomic mass is 15.2. The molecule has 1 atom stereocenters. The Morgan fingerprint density at radius 1 is 1.00 bits per heavy atom. The number of rotatable bonds is 6. The zero-order valence-electron chi connectivity index (χ0n) is 10.6. The molecule has 0 saturated carbocycles. The molecule has 0 saturated heterocycles. The first-order valence-electron chi connectivity index (χ1n) is 5.78. The van der Waals surface area contributed by atoms with E-state index in [0.29, 0.717) is 19.3 Å². The van der Waals surface area contributed by atoms with Crippen molar-refractivity contribution in [3.63, 3.8) is 0 Å². The van der Waals surface area contributed by atoms with Gasteiger partial charge in [0.2, 0.25) is 0 Å². The minimum absolute atomic E-state index is 0.622. The van der Waals surface area contributed by atoms with Crippen molar-refractivity contribution in [1.82, 2.24) is 0 Å². The summed E-state index contributed by atoms with van der Waals surface area (Å²) in [7, 11) is 0. The van der Waals surface area contributed by atoms with Crippen LogP contribution in [0.25, 0.3) is 0 Å². The second-order valence-electron chi connectivity index (χ2n) is 4.19. The molecule has 0 aromatic heterocycles. The minimum Gasteiger partial charge on any atom is -0.196 e. The third-order valence-electron chi connectivity index (χ3n) is 2.82. The van der Waals surface area contributed by atoms with Crippen molar-refractivity contribution >= 4 is 0 Å². The number of nitrogens with zero attached hydrogens (tertiary/aromatic N) is 4. The van der Waals surface area contributed by atoms with E-state index < -0.39 is 11.1 Å². The summed E-state index contributed by atoms with van der Waals surface area (Å²) in [6, 6.07) is 4.34. The second kappa shape index (κ2) is 6.23. The highest BCUT2D eigenvalue weighted by Gasteiger charge is 2.28. The molecule has 0 aliphatic carbocycles. The highest BCUT2D eigenvalue weighted by Crippen LogP contribution is 2.24. The Morgan fingerprint density at radius 2 is 1.56 bits per heavy atom. The van der Waals surface area contributed by atoms with E-state index in [0.717, 1.165) is 6.42 Å². The van der Waals surface area contributed by atoms with Gasteiger partial charge in [0.1, 0.15) is 0 Å². The van der Waals surface area contributed by atoms with Gasteiger partial charge in [-0.25, -0.2) is 0 Å². The molecule has 0 aliphatic rings. The molecular weight excluding hydrogens is 200 g/mol. The lowest BCUT2D eigenvalue weighted by Crippen LogP contribution is -2.25. The Morgan fingerprint density at radius 3 is 1.88 bits per heavy atom. The topological polar surface area (TPSA) is 72.3 Å². The molecule has 0 spiro atoms. The van der Waals surface area contributed by atoms with Gasteiger partial charge in [-0.3, -0.25) is 0 Å². The predicted molar refractivity (Wildman–Crippen MR) is 62.7 cm³/mol. The van der Waals surface area contributed by atoms with Crippen LogP contribution in [0, 0.1) is 22.7 Å². The summed E-state index contributed by atoms with van der Waals surface area (Å²) in [5.41, 5.74) is -1.55. The van der Waals surface area contributed by atoms with Crippen LogP contribution in [0.2, 0.25) is 0 Å². The quantitative estimate of drug-likeness (QED) is 0.641. The lowest BCUT2D eigenvalue weighted by atomic mass is 9.96. The summed E-state index contributed by atoms with van der Waals surface area (Å²) < 4.78 is 0. The Kier molecular flexibility index (Phi) is 5.67. The molecule has 16 heavy (non-hydrogen) atoms. The first kappa shape index (κ1) is 14.6. The van der Waals surface area contributed by atoms with E-state index in [-0.39, 0.29) is 0 Å². The zero-order chi connectivity index (χ0) is 12.7. The Bertz CT molecular complexity index is 317. The molecule has 1 unspecified atom stereocenters. The molecule has 0 fully saturated rings. The van der Waals surface area contributed by atoms with Gasteiger partial charge in [0.15, 0.2) is 11.1 Å². The molecule has 88 valence electrons. The first-order chi connectivity index (χ1) is 7.51. The lowest BCUT2D eigenvalue weighted by molar-refractivity contribution is 0.429. The molecule has 4 heteroatoms. The average molecular weight is 220 g/mol. The fourth-order valence-electron chi connectivity index (χ4n) is 1.39. The van der Waals surface area contributed by atoms with E-state index >= 15 is 0 Å². The SMILES string of the molecule is CCCC(C)(C#N)/N=N/C(C#N)(CC)CC. The molecular formula is C12H20N4. The molecule has 0 amide bonds. The van der Waals surface area contributed by atoms with Crippen LogP contribution in [0.5, 0.6) is 0 Å². The molecule has 0 aromatic carbocycles. The van der Waals surface area contributed by atoms with Crippen molar-refractivity contribution in [3.05, 3.63) is 0 Å². The molecule has 0 radical (unpaired) electrons. The highest BCUT2D eigenvalue weighted by molar-refractivity contribution is 5.08. The fourth-order valence-corrected chi connectivity index (χ4v) is 1.39. The number of nitriles is 2. The van der Waals surface area contributed by atoms with E-state index in [2.05, 4.69) is 22.4 Å². The molecule has 4 nitrogen and oxygen atoms in total. The standard InChI is InChI=1S/C12H20N4/c1-5-8-11(4,9-13)15-16-12(6-2,7-3)10-14/h5-8H2,1-4H3/b16-15+. The van der Waals surface area contributed by atoms with E-state index in [9.17, 15) is 0 Å². The first-order valence-corrected chi connectivity index (χ1v) is 5.78. The fraction of sp³-hybridized carbons (Fsp3) is 0.833. The molecule has 0 bridgehead atoms. The van der Waals surface area contributed by atoms with Crippen molar-refractivity contribution in [1.29, 1.82) is 10.5 Å². The van der Waals surface area contributed by atoms with Crippen LogP contribution in [-0.2, 0) is 0 Å².